The topological polar surface area (TPSA) is 82.0 Å². The van der Waals surface area contributed by atoms with E-state index in [0.29, 0.717) is 30.1 Å². The molecule has 0 saturated heterocycles. The van der Waals surface area contributed by atoms with Gasteiger partial charge in [-0.15, -0.1) is 6.58 Å². The molecule has 1 rings (SSSR count). The van der Waals surface area contributed by atoms with Gasteiger partial charge in [0.05, 0.1) is 30.7 Å². The fourth-order valence-corrected chi connectivity index (χ4v) is 3.65. The molecule has 0 bridgehead atoms. The van der Waals surface area contributed by atoms with Crippen LogP contribution < -0.4 is 10.1 Å². The Hall–Kier alpha value is -3.25. The molecule has 6 nitrogen and oxygen atoms in total. The SMILES string of the molecule is C=CCNc1c(OC)cccc1C(=O)N(C/C=C(\C)CC/C=C(\C)CCC=C(C)C)C(C)/C=C/O.CO. The Morgan fingerprint density at radius 3 is 2.27 bits per heavy atom. The van der Waals surface area contributed by atoms with Gasteiger partial charge < -0.3 is 25.2 Å². The molecule has 0 heterocycles. The maximum absolute atomic E-state index is 13.6. The van der Waals surface area contributed by atoms with Gasteiger partial charge in [-0.2, -0.15) is 0 Å². The zero-order valence-electron chi connectivity index (χ0n) is 23.9. The Balaban J connectivity index is 0.00000631. The Morgan fingerprint density at radius 1 is 1.08 bits per heavy atom. The number of rotatable bonds is 15. The molecule has 0 fully saturated rings. The number of carbonyl (C=O) groups excluding carboxylic acids is 1. The standard InChI is InChI=1S/C30H44N2O3.CH4O/c1-8-20-31-29-27(16-11-17-28(29)35-7)30(34)32(26(6)19-22-33)21-18-25(5)15-10-14-24(4)13-9-12-23(2)3;1-2/h8,11-12,14,16-19,22,26,31,33H,1,9-10,13,15,20-21H2,2-7H3;2H,1H3/b22-19+,24-14+,25-18+;. The number of carbonyl (C=O) groups is 1. The highest BCUT2D eigenvalue weighted by Crippen LogP contribution is 2.30. The molecule has 1 amide bonds. The van der Waals surface area contributed by atoms with Crippen LogP contribution in [0.5, 0.6) is 5.75 Å². The number of hydrogen-bond donors (Lipinski definition) is 3. The molecule has 37 heavy (non-hydrogen) atoms. The first-order valence-corrected chi connectivity index (χ1v) is 12.8. The van der Waals surface area contributed by atoms with E-state index in [9.17, 15) is 9.90 Å². The van der Waals surface area contributed by atoms with Gasteiger partial charge in [0.1, 0.15) is 5.75 Å². The minimum atomic E-state index is -0.285. The minimum absolute atomic E-state index is 0.139. The molecule has 1 unspecified atom stereocenters. The number of allylic oxidation sites excluding steroid dienone is 5. The molecule has 206 valence electrons. The second-order valence-electron chi connectivity index (χ2n) is 9.05. The second kappa shape index (κ2) is 19.9. The van der Waals surface area contributed by atoms with E-state index < -0.39 is 0 Å². The van der Waals surface area contributed by atoms with Crippen LogP contribution in [-0.4, -0.2) is 54.4 Å². The van der Waals surface area contributed by atoms with Gasteiger partial charge in [-0.1, -0.05) is 47.1 Å². The largest absolute Gasteiger partial charge is 0.516 e. The molecule has 0 aliphatic carbocycles. The van der Waals surface area contributed by atoms with Crippen molar-refractivity contribution in [1.82, 2.24) is 4.90 Å². The molecule has 1 aromatic rings. The highest BCUT2D eigenvalue weighted by molar-refractivity contribution is 6.01. The summed E-state index contributed by atoms with van der Waals surface area (Å²) in [6.07, 6.45) is 15.1. The Bertz CT molecular complexity index is 941. The molecular weight excluding hydrogens is 464 g/mol. The Kier molecular flexibility index (Phi) is 18.1. The van der Waals surface area contributed by atoms with Gasteiger partial charge in [0.25, 0.3) is 5.91 Å². The van der Waals surface area contributed by atoms with Crippen LogP contribution in [0, 0.1) is 0 Å². The van der Waals surface area contributed by atoms with Crippen LogP contribution in [0.4, 0.5) is 5.69 Å². The number of aliphatic hydroxyl groups is 2. The predicted molar refractivity (Wildman–Crippen MR) is 158 cm³/mol. The smallest absolute Gasteiger partial charge is 0.256 e. The molecule has 0 aliphatic rings. The Morgan fingerprint density at radius 2 is 1.70 bits per heavy atom. The molecular formula is C31H48N2O4. The summed E-state index contributed by atoms with van der Waals surface area (Å²) < 4.78 is 5.48. The summed E-state index contributed by atoms with van der Waals surface area (Å²) in [5.74, 6) is 0.460. The lowest BCUT2D eigenvalue weighted by Gasteiger charge is -2.28. The zero-order valence-corrected chi connectivity index (χ0v) is 23.9. The number of benzene rings is 1. The number of aliphatic hydroxyl groups excluding tert-OH is 2. The number of para-hydroxylation sites is 1. The molecule has 3 N–H and O–H groups in total. The molecule has 1 aromatic carbocycles. The van der Waals surface area contributed by atoms with Crippen molar-refractivity contribution < 1.29 is 19.7 Å². The van der Waals surface area contributed by atoms with Crippen molar-refractivity contribution in [3.8, 4) is 5.75 Å². The van der Waals surface area contributed by atoms with Gasteiger partial charge in [-0.25, -0.2) is 0 Å². The summed E-state index contributed by atoms with van der Waals surface area (Å²) in [5.41, 5.74) is 5.15. The number of anilines is 1. The van der Waals surface area contributed by atoms with Gasteiger partial charge >= 0.3 is 0 Å². The van der Waals surface area contributed by atoms with Gasteiger partial charge in [-0.3, -0.25) is 4.79 Å². The van der Waals surface area contributed by atoms with Crippen LogP contribution in [-0.2, 0) is 0 Å². The third kappa shape index (κ3) is 13.0. The van der Waals surface area contributed by atoms with E-state index in [1.165, 1.54) is 16.7 Å². The average Bonchev–Trinajstić information content (AvgIpc) is 2.88. The van der Waals surface area contributed by atoms with E-state index in [2.05, 4.69) is 57.8 Å². The van der Waals surface area contributed by atoms with Gasteiger partial charge in [0.2, 0.25) is 0 Å². The summed E-state index contributed by atoms with van der Waals surface area (Å²) in [5, 5.41) is 19.6. The first-order chi connectivity index (χ1) is 17.7. The van der Waals surface area contributed by atoms with Crippen LogP contribution in [0.2, 0.25) is 0 Å². The van der Waals surface area contributed by atoms with E-state index in [0.717, 1.165) is 39.1 Å². The van der Waals surface area contributed by atoms with Crippen LogP contribution in [0.1, 0.15) is 70.7 Å². The van der Waals surface area contributed by atoms with Crippen LogP contribution in [0.15, 0.2) is 78.1 Å². The first-order valence-electron chi connectivity index (χ1n) is 12.8. The minimum Gasteiger partial charge on any atom is -0.516 e. The summed E-state index contributed by atoms with van der Waals surface area (Å²) in [7, 11) is 2.58. The van der Waals surface area contributed by atoms with E-state index in [1.807, 2.05) is 19.1 Å². The van der Waals surface area contributed by atoms with Crippen LogP contribution in [0.3, 0.4) is 0 Å². The number of methoxy groups -OCH3 is 1. The maximum Gasteiger partial charge on any atom is 0.256 e. The quantitative estimate of drug-likeness (QED) is 0.171. The number of amides is 1. The number of nitrogens with one attached hydrogen (secondary N) is 1. The molecule has 0 saturated carbocycles. The normalized spacial score (nSPS) is 12.3. The summed E-state index contributed by atoms with van der Waals surface area (Å²) in [6.45, 7) is 15.1. The molecule has 6 heteroatoms. The van der Waals surface area contributed by atoms with E-state index in [-0.39, 0.29) is 11.9 Å². The van der Waals surface area contributed by atoms with Crippen molar-refractivity contribution >= 4 is 11.6 Å². The van der Waals surface area contributed by atoms with Gasteiger partial charge in [0.15, 0.2) is 0 Å². The summed E-state index contributed by atoms with van der Waals surface area (Å²) in [6, 6.07) is 5.14. The van der Waals surface area contributed by atoms with E-state index in [1.54, 1.807) is 30.2 Å². The van der Waals surface area contributed by atoms with Crippen LogP contribution in [0.25, 0.3) is 0 Å². The lowest BCUT2D eigenvalue weighted by atomic mass is 10.1. The van der Waals surface area contributed by atoms with Crippen molar-refractivity contribution in [2.75, 3.05) is 32.6 Å². The van der Waals surface area contributed by atoms with Crippen molar-refractivity contribution in [3.05, 3.63) is 83.7 Å². The first kappa shape index (κ1) is 33.8. The Labute approximate surface area is 224 Å². The lowest BCUT2D eigenvalue weighted by molar-refractivity contribution is 0.0744. The molecule has 0 aliphatic heterocycles. The molecule has 0 spiro atoms. The van der Waals surface area contributed by atoms with Gasteiger partial charge in [0, 0.05) is 20.2 Å². The number of hydrogen-bond acceptors (Lipinski definition) is 5. The summed E-state index contributed by atoms with van der Waals surface area (Å²) in [4.78, 5) is 15.4. The lowest BCUT2D eigenvalue weighted by Crippen LogP contribution is -2.38. The van der Waals surface area contributed by atoms with E-state index in [4.69, 9.17) is 9.84 Å². The monoisotopic (exact) mass is 512 g/mol. The number of nitrogens with zero attached hydrogens (tertiary/aromatic N) is 1. The fraction of sp³-hybridized carbons (Fsp3) is 0.452. The number of ether oxygens (including phenoxy) is 1. The highest BCUT2D eigenvalue weighted by Gasteiger charge is 2.23. The average molecular weight is 513 g/mol. The van der Waals surface area contributed by atoms with Crippen LogP contribution >= 0.6 is 0 Å². The van der Waals surface area contributed by atoms with E-state index >= 15 is 0 Å². The van der Waals surface area contributed by atoms with Crippen molar-refractivity contribution in [2.45, 2.75) is 66.3 Å². The van der Waals surface area contributed by atoms with Crippen molar-refractivity contribution in [3.63, 3.8) is 0 Å². The van der Waals surface area contributed by atoms with Gasteiger partial charge in [-0.05, 0) is 78.5 Å². The molecule has 0 aromatic heterocycles. The second-order valence-corrected chi connectivity index (χ2v) is 9.05. The van der Waals surface area contributed by atoms with Crippen molar-refractivity contribution in [2.24, 2.45) is 0 Å². The third-order valence-electron chi connectivity index (χ3n) is 5.78. The zero-order chi connectivity index (χ0) is 28.2. The predicted octanol–water partition coefficient (Wildman–Crippen LogP) is 7.22. The third-order valence-corrected chi connectivity index (χ3v) is 5.78. The highest BCUT2D eigenvalue weighted by atomic mass is 16.5. The maximum atomic E-state index is 13.6. The molecule has 0 radical (unpaired) electrons. The summed E-state index contributed by atoms with van der Waals surface area (Å²) >= 11 is 0. The fourth-order valence-electron chi connectivity index (χ4n) is 3.65. The van der Waals surface area contributed by atoms with Crippen molar-refractivity contribution in [1.29, 1.82) is 0 Å². The molecule has 1 atom stereocenters.